The van der Waals surface area contributed by atoms with Crippen molar-refractivity contribution < 1.29 is 0 Å². The average molecular weight is 430 g/mol. The minimum atomic E-state index is 0.542. The van der Waals surface area contributed by atoms with Crippen LogP contribution in [0.15, 0.2) is 54.9 Å². The molecule has 1 aromatic carbocycles. The van der Waals surface area contributed by atoms with Crippen LogP contribution in [0, 0.1) is 11.3 Å². The van der Waals surface area contributed by atoms with E-state index in [4.69, 9.17) is 0 Å². The molecule has 0 radical (unpaired) electrons. The first-order valence-electron chi connectivity index (χ1n) is 9.51. The predicted octanol–water partition coefficient (Wildman–Crippen LogP) is 6.18. The third kappa shape index (κ3) is 3.46. The first-order chi connectivity index (χ1) is 14.6. The van der Waals surface area contributed by atoms with E-state index in [9.17, 15) is 5.26 Å². The van der Waals surface area contributed by atoms with E-state index < -0.39 is 0 Å². The summed E-state index contributed by atoms with van der Waals surface area (Å²) in [5.74, 6) is 0. The van der Waals surface area contributed by atoms with Crippen molar-refractivity contribution in [3.05, 3.63) is 65.3 Å². The molecule has 0 bridgehead atoms. The third-order valence-electron chi connectivity index (χ3n) is 4.88. The first kappa shape index (κ1) is 18.8. The molecule has 0 aliphatic rings. The van der Waals surface area contributed by atoms with Gasteiger partial charge in [-0.3, -0.25) is 0 Å². The fourth-order valence-corrected chi connectivity index (χ4v) is 5.73. The van der Waals surface area contributed by atoms with Crippen molar-refractivity contribution >= 4 is 55.2 Å². The van der Waals surface area contributed by atoms with Gasteiger partial charge in [0.25, 0.3) is 0 Å². The summed E-state index contributed by atoms with van der Waals surface area (Å²) in [6.07, 6.45) is 3.59. The molecule has 0 aliphatic carbocycles. The highest BCUT2D eigenvalue weighted by atomic mass is 32.1. The SMILES string of the molecule is CN(C)Cc1ccc(-c2cc3c(Nc4ccc5[nH]ccc5c4)c(C#N)cnc3s2)s1. The van der Waals surface area contributed by atoms with Gasteiger partial charge in [-0.25, -0.2) is 4.98 Å². The molecule has 30 heavy (non-hydrogen) atoms. The van der Waals surface area contributed by atoms with Crippen molar-refractivity contribution in [2.75, 3.05) is 19.4 Å². The van der Waals surface area contributed by atoms with Crippen molar-refractivity contribution in [3.63, 3.8) is 0 Å². The predicted molar refractivity (Wildman–Crippen MR) is 127 cm³/mol. The van der Waals surface area contributed by atoms with Gasteiger partial charge >= 0.3 is 0 Å². The van der Waals surface area contributed by atoms with Gasteiger partial charge in [-0.15, -0.1) is 22.7 Å². The van der Waals surface area contributed by atoms with Crippen LogP contribution in [0.3, 0.4) is 0 Å². The number of nitrogens with one attached hydrogen (secondary N) is 2. The minimum Gasteiger partial charge on any atom is -0.361 e. The van der Waals surface area contributed by atoms with Crippen LogP contribution >= 0.6 is 22.7 Å². The summed E-state index contributed by atoms with van der Waals surface area (Å²) in [4.78, 5) is 14.6. The largest absolute Gasteiger partial charge is 0.361 e. The molecule has 0 fully saturated rings. The summed E-state index contributed by atoms with van der Waals surface area (Å²) in [5.41, 5.74) is 3.39. The van der Waals surface area contributed by atoms with Gasteiger partial charge in [-0.2, -0.15) is 5.26 Å². The number of rotatable bonds is 5. The van der Waals surface area contributed by atoms with E-state index in [0.29, 0.717) is 5.56 Å². The highest BCUT2D eigenvalue weighted by Gasteiger charge is 2.15. The number of thiophene rings is 2. The Kier molecular flexibility index (Phi) is 4.75. The van der Waals surface area contributed by atoms with Crippen molar-refractivity contribution in [2.24, 2.45) is 0 Å². The van der Waals surface area contributed by atoms with Crippen LogP contribution in [-0.2, 0) is 6.54 Å². The number of nitrogens with zero attached hydrogens (tertiary/aromatic N) is 3. The van der Waals surface area contributed by atoms with Crippen molar-refractivity contribution in [1.29, 1.82) is 5.26 Å². The van der Waals surface area contributed by atoms with Crippen molar-refractivity contribution in [1.82, 2.24) is 14.9 Å². The first-order valence-corrected chi connectivity index (χ1v) is 11.1. The topological polar surface area (TPSA) is 67.7 Å². The molecule has 2 N–H and O–H groups in total. The summed E-state index contributed by atoms with van der Waals surface area (Å²) in [6, 6.07) is 17.0. The Balaban J connectivity index is 1.56. The van der Waals surface area contributed by atoms with Gasteiger partial charge in [0.1, 0.15) is 10.9 Å². The van der Waals surface area contributed by atoms with E-state index in [0.717, 1.165) is 39.0 Å². The number of fused-ring (bicyclic) bond motifs is 2. The monoisotopic (exact) mass is 429 g/mol. The second kappa shape index (κ2) is 7.58. The van der Waals surface area contributed by atoms with Crippen LogP contribution in [-0.4, -0.2) is 29.0 Å². The number of aromatic nitrogens is 2. The molecule has 4 heterocycles. The lowest BCUT2D eigenvalue weighted by atomic mass is 10.1. The number of benzene rings is 1. The second-order valence-corrected chi connectivity index (χ2v) is 9.60. The van der Waals surface area contributed by atoms with Gasteiger partial charge < -0.3 is 15.2 Å². The molecule has 5 rings (SSSR count). The molecule has 0 unspecified atom stereocenters. The fraction of sp³-hybridized carbons (Fsp3) is 0.130. The maximum absolute atomic E-state index is 9.67. The van der Waals surface area contributed by atoms with Gasteiger partial charge in [0, 0.05) is 55.5 Å². The van der Waals surface area contributed by atoms with E-state index in [2.05, 4.69) is 64.6 Å². The highest BCUT2D eigenvalue weighted by molar-refractivity contribution is 7.25. The molecule has 0 aliphatic heterocycles. The maximum Gasteiger partial charge on any atom is 0.126 e. The molecule has 4 aromatic heterocycles. The number of hydrogen-bond donors (Lipinski definition) is 2. The number of aromatic amines is 1. The van der Waals surface area contributed by atoms with Gasteiger partial charge in [-0.05, 0) is 56.6 Å². The Labute approximate surface area is 182 Å². The van der Waals surface area contributed by atoms with E-state index in [1.54, 1.807) is 28.9 Å². The Morgan fingerprint density at radius 2 is 2.00 bits per heavy atom. The van der Waals surface area contributed by atoms with Crippen LogP contribution in [0.4, 0.5) is 11.4 Å². The maximum atomic E-state index is 9.67. The van der Waals surface area contributed by atoms with Gasteiger partial charge in [0.05, 0.1) is 11.3 Å². The van der Waals surface area contributed by atoms with Crippen LogP contribution < -0.4 is 5.32 Å². The van der Waals surface area contributed by atoms with Crippen molar-refractivity contribution in [2.45, 2.75) is 6.54 Å². The highest BCUT2D eigenvalue weighted by Crippen LogP contribution is 2.40. The molecule has 7 heteroatoms. The normalized spacial score (nSPS) is 11.4. The quantitative estimate of drug-likeness (QED) is 0.350. The zero-order valence-electron chi connectivity index (χ0n) is 16.6. The number of anilines is 2. The molecule has 0 atom stereocenters. The molecule has 5 aromatic rings. The Morgan fingerprint density at radius 1 is 1.10 bits per heavy atom. The zero-order chi connectivity index (χ0) is 20.7. The van der Waals surface area contributed by atoms with E-state index >= 15 is 0 Å². The van der Waals surface area contributed by atoms with Gasteiger partial charge in [0.2, 0.25) is 0 Å². The van der Waals surface area contributed by atoms with E-state index in [1.165, 1.54) is 14.6 Å². The summed E-state index contributed by atoms with van der Waals surface area (Å²) in [7, 11) is 4.16. The lowest BCUT2D eigenvalue weighted by Gasteiger charge is -2.09. The lowest BCUT2D eigenvalue weighted by molar-refractivity contribution is 0.406. The Morgan fingerprint density at radius 3 is 2.83 bits per heavy atom. The number of pyridine rings is 1. The number of hydrogen-bond acceptors (Lipinski definition) is 6. The Bertz CT molecular complexity index is 1400. The molecular weight excluding hydrogens is 410 g/mol. The molecule has 0 saturated carbocycles. The van der Waals surface area contributed by atoms with Crippen LogP contribution in [0.2, 0.25) is 0 Å². The summed E-state index contributed by atoms with van der Waals surface area (Å²) >= 11 is 3.47. The number of H-pyrrole nitrogens is 1. The minimum absolute atomic E-state index is 0.542. The van der Waals surface area contributed by atoms with Gasteiger partial charge in [-0.1, -0.05) is 0 Å². The summed E-state index contributed by atoms with van der Waals surface area (Å²) in [6.45, 7) is 0.931. The molecule has 0 saturated heterocycles. The molecular formula is C23H19N5S2. The van der Waals surface area contributed by atoms with Crippen molar-refractivity contribution in [3.8, 4) is 15.8 Å². The smallest absolute Gasteiger partial charge is 0.126 e. The number of nitriles is 1. The third-order valence-corrected chi connectivity index (χ3v) is 7.19. The lowest BCUT2D eigenvalue weighted by Crippen LogP contribution is -2.09. The molecule has 5 nitrogen and oxygen atoms in total. The van der Waals surface area contributed by atoms with E-state index in [-0.39, 0.29) is 0 Å². The van der Waals surface area contributed by atoms with Crippen LogP contribution in [0.1, 0.15) is 10.4 Å². The van der Waals surface area contributed by atoms with Crippen LogP contribution in [0.25, 0.3) is 30.9 Å². The molecule has 0 amide bonds. The molecule has 0 spiro atoms. The summed E-state index contributed by atoms with van der Waals surface area (Å²) < 4.78 is 0. The summed E-state index contributed by atoms with van der Waals surface area (Å²) in [5, 5.41) is 15.2. The Hall–Kier alpha value is -3.18. The zero-order valence-corrected chi connectivity index (χ0v) is 18.2. The van der Waals surface area contributed by atoms with Crippen LogP contribution in [0.5, 0.6) is 0 Å². The average Bonchev–Trinajstić information content (AvgIpc) is 3.46. The second-order valence-electron chi connectivity index (χ2n) is 7.40. The standard InChI is InChI=1S/C23H19N5S2/c1-28(2)13-17-4-6-20(29-17)21-10-18-22(15(11-24)12-26-23(18)30-21)27-16-3-5-19-14(9-16)7-8-25-19/h3-10,12,25H,13H2,1-2H3,(H,26,27). The van der Waals surface area contributed by atoms with E-state index in [1.807, 2.05) is 24.4 Å². The molecule has 148 valence electrons. The van der Waals surface area contributed by atoms with Gasteiger partial charge in [0.15, 0.2) is 0 Å². The fourth-order valence-electron chi connectivity index (χ4n) is 3.51.